The third-order valence-corrected chi connectivity index (χ3v) is 3.06. The molecule has 0 N–H and O–H groups in total. The topological polar surface area (TPSA) is 9.23 Å². The Morgan fingerprint density at radius 3 is 2.80 bits per heavy atom. The molecule has 15 heavy (non-hydrogen) atoms. The number of hydrogen-bond acceptors (Lipinski definition) is 1. The average molecular weight is 221 g/mol. The molecule has 0 radical (unpaired) electrons. The van der Waals surface area contributed by atoms with Gasteiger partial charge in [-0.1, -0.05) is 48.0 Å². The van der Waals surface area contributed by atoms with Crippen LogP contribution >= 0.6 is 11.6 Å². The smallest absolute Gasteiger partial charge is 0.0701 e. The van der Waals surface area contributed by atoms with E-state index in [0.29, 0.717) is 13.2 Å². The molecule has 2 rings (SSSR count). The van der Waals surface area contributed by atoms with Crippen molar-refractivity contribution >= 4 is 16.6 Å². The summed E-state index contributed by atoms with van der Waals surface area (Å²) >= 11 is 6.34. The van der Waals surface area contributed by atoms with Gasteiger partial charge in [0.25, 0.3) is 0 Å². The summed E-state index contributed by atoms with van der Waals surface area (Å²) < 4.78 is 5.39. The number of halogens is 1. The molecule has 0 aliphatic carbocycles. The third-order valence-electron chi connectivity index (χ3n) is 2.60. The lowest BCUT2D eigenvalue weighted by Crippen LogP contribution is -1.98. The largest absolute Gasteiger partial charge is 0.376 e. The molecule has 1 aliphatic rings. The molecule has 1 aromatic rings. The van der Waals surface area contributed by atoms with Gasteiger partial charge in [-0.05, 0) is 11.1 Å². The van der Waals surface area contributed by atoms with Crippen molar-refractivity contribution in [2.75, 3.05) is 13.2 Å². The number of benzene rings is 1. The van der Waals surface area contributed by atoms with E-state index >= 15 is 0 Å². The lowest BCUT2D eigenvalue weighted by molar-refractivity contribution is 0.195. The van der Waals surface area contributed by atoms with Crippen molar-refractivity contribution in [2.24, 2.45) is 5.92 Å². The molecular formula is C13H13ClO. The minimum atomic E-state index is 0.262. The summed E-state index contributed by atoms with van der Waals surface area (Å²) in [5.41, 5.74) is 2.18. The van der Waals surface area contributed by atoms with E-state index in [1.165, 1.54) is 0 Å². The summed E-state index contributed by atoms with van der Waals surface area (Å²) in [4.78, 5) is 0. The Bertz CT molecular complexity index is 381. The molecule has 2 heteroatoms. The molecule has 0 spiro atoms. The lowest BCUT2D eigenvalue weighted by atomic mass is 10.0. The van der Waals surface area contributed by atoms with Gasteiger partial charge in [-0.3, -0.25) is 0 Å². The molecule has 78 valence electrons. The van der Waals surface area contributed by atoms with E-state index in [-0.39, 0.29) is 5.92 Å². The summed E-state index contributed by atoms with van der Waals surface area (Å²) in [6.07, 6.45) is 1.90. The maximum atomic E-state index is 6.34. The Hall–Kier alpha value is -1.05. The van der Waals surface area contributed by atoms with Crippen molar-refractivity contribution < 1.29 is 4.74 Å². The first-order chi connectivity index (χ1) is 7.33. The van der Waals surface area contributed by atoms with Crippen LogP contribution in [0.2, 0.25) is 0 Å². The summed E-state index contributed by atoms with van der Waals surface area (Å²) in [5.74, 6) is 0.262. The average Bonchev–Trinajstić information content (AvgIpc) is 2.77. The zero-order chi connectivity index (χ0) is 10.7. The second kappa shape index (κ2) is 4.65. The second-order valence-corrected chi connectivity index (χ2v) is 3.94. The van der Waals surface area contributed by atoms with Gasteiger partial charge in [0.15, 0.2) is 0 Å². The van der Waals surface area contributed by atoms with Gasteiger partial charge in [0.1, 0.15) is 0 Å². The molecule has 1 saturated heterocycles. The first-order valence-corrected chi connectivity index (χ1v) is 5.35. The highest BCUT2D eigenvalue weighted by Gasteiger charge is 2.22. The highest BCUT2D eigenvalue weighted by atomic mass is 35.5. The molecule has 1 heterocycles. The van der Waals surface area contributed by atoms with E-state index in [0.717, 1.165) is 16.2 Å². The summed E-state index contributed by atoms with van der Waals surface area (Å²) in [7, 11) is 0. The van der Waals surface area contributed by atoms with Gasteiger partial charge in [-0.25, -0.2) is 0 Å². The van der Waals surface area contributed by atoms with Crippen LogP contribution in [0.15, 0.2) is 48.6 Å². The predicted molar refractivity (Wildman–Crippen MR) is 63.7 cm³/mol. The number of hydrogen-bond donors (Lipinski definition) is 0. The quantitative estimate of drug-likeness (QED) is 0.694. The molecular weight excluding hydrogens is 208 g/mol. The Balaban J connectivity index is 2.36. The number of ether oxygens (including phenoxy) is 1. The Labute approximate surface area is 95.0 Å². The normalized spacial score (nSPS) is 23.9. The van der Waals surface area contributed by atoms with Crippen LogP contribution in [0.3, 0.4) is 0 Å². The van der Waals surface area contributed by atoms with Crippen LogP contribution in [0, 0.1) is 5.92 Å². The van der Waals surface area contributed by atoms with Crippen LogP contribution in [0.25, 0.3) is 5.03 Å². The monoisotopic (exact) mass is 220 g/mol. The highest BCUT2D eigenvalue weighted by molar-refractivity contribution is 6.49. The molecule has 1 atom stereocenters. The van der Waals surface area contributed by atoms with Gasteiger partial charge in [0.2, 0.25) is 0 Å². The van der Waals surface area contributed by atoms with Crippen molar-refractivity contribution in [2.45, 2.75) is 0 Å². The second-order valence-electron chi connectivity index (χ2n) is 3.56. The first-order valence-electron chi connectivity index (χ1n) is 4.97. The van der Waals surface area contributed by atoms with Gasteiger partial charge in [0, 0.05) is 11.0 Å². The van der Waals surface area contributed by atoms with E-state index in [9.17, 15) is 0 Å². The fourth-order valence-electron chi connectivity index (χ4n) is 1.71. The minimum absolute atomic E-state index is 0.262. The lowest BCUT2D eigenvalue weighted by Gasteiger charge is -2.07. The van der Waals surface area contributed by atoms with Gasteiger partial charge in [-0.2, -0.15) is 0 Å². The molecule has 1 nitrogen and oxygen atoms in total. The van der Waals surface area contributed by atoms with E-state index in [2.05, 4.69) is 6.58 Å². The van der Waals surface area contributed by atoms with Crippen LogP contribution < -0.4 is 0 Å². The fourth-order valence-corrected chi connectivity index (χ4v) is 2.03. The first kappa shape index (κ1) is 10.5. The maximum Gasteiger partial charge on any atom is 0.0701 e. The van der Waals surface area contributed by atoms with E-state index in [1.807, 2.05) is 36.4 Å². The summed E-state index contributed by atoms with van der Waals surface area (Å²) in [6.45, 7) is 5.11. The van der Waals surface area contributed by atoms with Crippen molar-refractivity contribution in [1.29, 1.82) is 0 Å². The maximum absolute atomic E-state index is 6.34. The molecule has 0 bridgehead atoms. The summed E-state index contributed by atoms with van der Waals surface area (Å²) in [6, 6.07) is 9.96. The van der Waals surface area contributed by atoms with Crippen LogP contribution in [0.4, 0.5) is 0 Å². The van der Waals surface area contributed by atoms with E-state index in [4.69, 9.17) is 16.3 Å². The Morgan fingerprint density at radius 1 is 1.40 bits per heavy atom. The van der Waals surface area contributed by atoms with Crippen LogP contribution in [0.1, 0.15) is 5.56 Å². The Kier molecular flexibility index (Phi) is 3.24. The molecule has 0 aromatic heterocycles. The van der Waals surface area contributed by atoms with Crippen LogP contribution in [-0.2, 0) is 4.74 Å². The predicted octanol–water partition coefficient (Wildman–Crippen LogP) is 3.47. The zero-order valence-electron chi connectivity index (χ0n) is 8.45. The van der Waals surface area contributed by atoms with Crippen molar-refractivity contribution in [3.63, 3.8) is 0 Å². The zero-order valence-corrected chi connectivity index (χ0v) is 9.20. The van der Waals surface area contributed by atoms with Gasteiger partial charge in [0.05, 0.1) is 13.2 Å². The molecule has 0 amide bonds. The van der Waals surface area contributed by atoms with E-state index < -0.39 is 0 Å². The molecule has 1 aromatic carbocycles. The highest BCUT2D eigenvalue weighted by Crippen LogP contribution is 2.31. The van der Waals surface area contributed by atoms with E-state index in [1.54, 1.807) is 0 Å². The van der Waals surface area contributed by atoms with Gasteiger partial charge >= 0.3 is 0 Å². The van der Waals surface area contributed by atoms with Crippen molar-refractivity contribution in [1.82, 2.24) is 0 Å². The minimum Gasteiger partial charge on any atom is -0.376 e. The molecule has 1 fully saturated rings. The van der Waals surface area contributed by atoms with Crippen molar-refractivity contribution in [3.8, 4) is 0 Å². The Morgan fingerprint density at radius 2 is 2.13 bits per heavy atom. The van der Waals surface area contributed by atoms with Gasteiger partial charge < -0.3 is 4.74 Å². The molecule has 0 saturated carbocycles. The third kappa shape index (κ3) is 2.14. The molecule has 1 aliphatic heterocycles. The standard InChI is InChI=1S/C13H13ClO/c1-2-10-8-15-9-12(10)13(14)11-6-4-3-5-7-11/h2-7,10H,1,8-9H2/b13-12-. The van der Waals surface area contributed by atoms with Crippen LogP contribution in [0.5, 0.6) is 0 Å². The fraction of sp³-hybridized carbons (Fsp3) is 0.231. The van der Waals surface area contributed by atoms with Crippen molar-refractivity contribution in [3.05, 3.63) is 54.1 Å². The summed E-state index contributed by atoms with van der Waals surface area (Å²) in [5, 5.41) is 0.804. The number of rotatable bonds is 2. The molecule has 1 unspecified atom stereocenters. The SMILES string of the molecule is C=CC1COC/C1=C(/Cl)c1ccccc1. The van der Waals surface area contributed by atoms with Gasteiger partial charge in [-0.15, -0.1) is 6.58 Å². The van der Waals surface area contributed by atoms with Crippen LogP contribution in [-0.4, -0.2) is 13.2 Å².